The van der Waals surface area contributed by atoms with E-state index in [2.05, 4.69) is 26.0 Å². The number of halogens is 1. The Balaban J connectivity index is 1.78. The SMILES string of the molecule is O=C(NCCS(=O)(=O)NCc1ccco1)c1cccc(Br)c1. The zero-order valence-electron chi connectivity index (χ0n) is 11.6. The molecule has 8 heteroatoms. The summed E-state index contributed by atoms with van der Waals surface area (Å²) in [5.74, 6) is 0.0114. The highest BCUT2D eigenvalue weighted by atomic mass is 79.9. The summed E-state index contributed by atoms with van der Waals surface area (Å²) in [7, 11) is -3.48. The molecule has 2 N–H and O–H groups in total. The van der Waals surface area contributed by atoms with Gasteiger partial charge in [-0.2, -0.15) is 0 Å². The molecule has 0 saturated carbocycles. The minimum absolute atomic E-state index is 0.0266. The lowest BCUT2D eigenvalue weighted by molar-refractivity contribution is 0.0956. The molecule has 0 atom stereocenters. The molecule has 0 radical (unpaired) electrons. The van der Waals surface area contributed by atoms with Gasteiger partial charge >= 0.3 is 0 Å². The van der Waals surface area contributed by atoms with Crippen molar-refractivity contribution in [2.24, 2.45) is 0 Å². The molecule has 0 bridgehead atoms. The normalized spacial score (nSPS) is 11.3. The van der Waals surface area contributed by atoms with E-state index in [1.165, 1.54) is 6.26 Å². The molecule has 0 spiro atoms. The van der Waals surface area contributed by atoms with Gasteiger partial charge in [0, 0.05) is 16.6 Å². The Labute approximate surface area is 137 Å². The average Bonchev–Trinajstić information content (AvgIpc) is 2.98. The molecule has 1 aromatic carbocycles. The van der Waals surface area contributed by atoms with Crippen molar-refractivity contribution >= 4 is 31.9 Å². The van der Waals surface area contributed by atoms with Crippen LogP contribution in [-0.2, 0) is 16.6 Å². The highest BCUT2D eigenvalue weighted by Crippen LogP contribution is 2.11. The molecule has 0 aliphatic carbocycles. The lowest BCUT2D eigenvalue weighted by Gasteiger charge is -2.07. The molecule has 0 fully saturated rings. The maximum atomic E-state index is 11.9. The number of sulfonamides is 1. The molecule has 118 valence electrons. The number of hydrogen-bond donors (Lipinski definition) is 2. The van der Waals surface area contributed by atoms with Gasteiger partial charge in [-0.1, -0.05) is 22.0 Å². The third-order valence-electron chi connectivity index (χ3n) is 2.79. The first-order valence-corrected chi connectivity index (χ1v) is 8.94. The van der Waals surface area contributed by atoms with Crippen molar-refractivity contribution in [3.8, 4) is 0 Å². The Morgan fingerprint density at radius 2 is 2.05 bits per heavy atom. The Bertz CT molecular complexity index is 729. The molecule has 0 unspecified atom stereocenters. The quantitative estimate of drug-likeness (QED) is 0.760. The van der Waals surface area contributed by atoms with E-state index in [0.29, 0.717) is 11.3 Å². The van der Waals surface area contributed by atoms with Gasteiger partial charge in [-0.3, -0.25) is 4.79 Å². The molecule has 1 aromatic heterocycles. The number of rotatable bonds is 7. The molecule has 1 amide bonds. The molecule has 6 nitrogen and oxygen atoms in total. The third kappa shape index (κ3) is 5.28. The second-order valence-corrected chi connectivity index (χ2v) is 7.33. The van der Waals surface area contributed by atoms with E-state index in [4.69, 9.17) is 4.42 Å². The van der Waals surface area contributed by atoms with Crippen LogP contribution in [0.3, 0.4) is 0 Å². The average molecular weight is 387 g/mol. The van der Waals surface area contributed by atoms with Gasteiger partial charge in [-0.05, 0) is 30.3 Å². The lowest BCUT2D eigenvalue weighted by Crippen LogP contribution is -2.34. The van der Waals surface area contributed by atoms with Gasteiger partial charge in [0.2, 0.25) is 10.0 Å². The van der Waals surface area contributed by atoms with Gasteiger partial charge in [0.1, 0.15) is 5.76 Å². The van der Waals surface area contributed by atoms with Crippen LogP contribution in [0.25, 0.3) is 0 Å². The van der Waals surface area contributed by atoms with Gasteiger partial charge in [-0.15, -0.1) is 0 Å². The molecule has 0 saturated heterocycles. The second-order valence-electron chi connectivity index (χ2n) is 4.49. The Morgan fingerprint density at radius 3 is 2.73 bits per heavy atom. The van der Waals surface area contributed by atoms with Crippen LogP contribution in [0.5, 0.6) is 0 Å². The van der Waals surface area contributed by atoms with Crippen molar-refractivity contribution in [2.75, 3.05) is 12.3 Å². The number of carbonyl (C=O) groups excluding carboxylic acids is 1. The summed E-state index contributed by atoms with van der Waals surface area (Å²) in [6.45, 7) is 0.119. The van der Waals surface area contributed by atoms with Crippen LogP contribution >= 0.6 is 15.9 Å². The Kier molecular flexibility index (Phi) is 5.76. The second kappa shape index (κ2) is 7.57. The number of amides is 1. The zero-order chi connectivity index (χ0) is 16.0. The number of carbonyl (C=O) groups is 1. The van der Waals surface area contributed by atoms with Crippen molar-refractivity contribution < 1.29 is 17.6 Å². The van der Waals surface area contributed by atoms with Crippen LogP contribution in [-0.4, -0.2) is 26.6 Å². The van der Waals surface area contributed by atoms with E-state index in [-0.39, 0.29) is 24.7 Å². The minimum Gasteiger partial charge on any atom is -0.468 e. The molecule has 0 aliphatic heterocycles. The van der Waals surface area contributed by atoms with Crippen molar-refractivity contribution in [3.05, 3.63) is 58.5 Å². The van der Waals surface area contributed by atoms with Crippen LogP contribution in [0.4, 0.5) is 0 Å². The van der Waals surface area contributed by atoms with E-state index < -0.39 is 10.0 Å². The summed E-state index contributed by atoms with van der Waals surface area (Å²) in [4.78, 5) is 11.9. The van der Waals surface area contributed by atoms with Crippen LogP contribution < -0.4 is 10.0 Å². The maximum Gasteiger partial charge on any atom is 0.251 e. The number of benzene rings is 1. The predicted molar refractivity (Wildman–Crippen MR) is 85.8 cm³/mol. The molecule has 2 aromatic rings. The highest BCUT2D eigenvalue weighted by molar-refractivity contribution is 9.10. The first-order chi connectivity index (χ1) is 10.5. The fraction of sp³-hybridized carbons (Fsp3) is 0.214. The van der Waals surface area contributed by atoms with Crippen LogP contribution in [0.15, 0.2) is 51.6 Å². The lowest BCUT2D eigenvalue weighted by atomic mass is 10.2. The van der Waals surface area contributed by atoms with E-state index >= 15 is 0 Å². The minimum atomic E-state index is -3.48. The van der Waals surface area contributed by atoms with Crippen molar-refractivity contribution in [3.63, 3.8) is 0 Å². The zero-order valence-corrected chi connectivity index (χ0v) is 14.0. The van der Waals surface area contributed by atoms with Crippen molar-refractivity contribution in [1.29, 1.82) is 0 Å². The van der Waals surface area contributed by atoms with Gasteiger partial charge in [0.25, 0.3) is 5.91 Å². The topological polar surface area (TPSA) is 88.4 Å². The fourth-order valence-electron chi connectivity index (χ4n) is 1.70. The summed E-state index contributed by atoms with van der Waals surface area (Å²) in [5.41, 5.74) is 0.468. The highest BCUT2D eigenvalue weighted by Gasteiger charge is 2.12. The smallest absolute Gasteiger partial charge is 0.251 e. The predicted octanol–water partition coefficient (Wildman–Crippen LogP) is 1.89. The van der Waals surface area contributed by atoms with E-state index in [1.807, 2.05) is 0 Å². The van der Waals surface area contributed by atoms with Crippen molar-refractivity contribution in [1.82, 2.24) is 10.0 Å². The standard InChI is InChI=1S/C14H15BrN2O4S/c15-12-4-1-3-11(9-12)14(18)16-6-8-22(19,20)17-10-13-5-2-7-21-13/h1-5,7,9,17H,6,8,10H2,(H,16,18). The summed E-state index contributed by atoms with van der Waals surface area (Å²) in [6, 6.07) is 10.2. The molecule has 0 aliphatic rings. The first kappa shape index (κ1) is 16.7. The molecule has 1 heterocycles. The third-order valence-corrected chi connectivity index (χ3v) is 4.61. The van der Waals surface area contributed by atoms with Crippen molar-refractivity contribution in [2.45, 2.75) is 6.54 Å². The summed E-state index contributed by atoms with van der Waals surface area (Å²) >= 11 is 3.27. The number of hydrogen-bond acceptors (Lipinski definition) is 4. The van der Waals surface area contributed by atoms with E-state index in [1.54, 1.807) is 36.4 Å². The monoisotopic (exact) mass is 386 g/mol. The summed E-state index contributed by atoms with van der Waals surface area (Å²) in [6.07, 6.45) is 1.47. The summed E-state index contributed by atoms with van der Waals surface area (Å²) < 4.78 is 31.8. The van der Waals surface area contributed by atoms with Crippen LogP contribution in [0.1, 0.15) is 16.1 Å². The summed E-state index contributed by atoms with van der Waals surface area (Å²) in [5, 5.41) is 2.57. The fourth-order valence-corrected chi connectivity index (χ4v) is 2.97. The number of nitrogens with one attached hydrogen (secondary N) is 2. The van der Waals surface area contributed by atoms with E-state index in [9.17, 15) is 13.2 Å². The Morgan fingerprint density at radius 1 is 1.23 bits per heavy atom. The molecule has 2 rings (SSSR count). The van der Waals surface area contributed by atoms with Gasteiger partial charge in [-0.25, -0.2) is 13.1 Å². The molecular weight excluding hydrogens is 372 g/mol. The Hall–Kier alpha value is -1.64. The molecular formula is C14H15BrN2O4S. The number of furan rings is 1. The van der Waals surface area contributed by atoms with Crippen LogP contribution in [0.2, 0.25) is 0 Å². The van der Waals surface area contributed by atoms with Crippen LogP contribution in [0, 0.1) is 0 Å². The molecule has 22 heavy (non-hydrogen) atoms. The maximum absolute atomic E-state index is 11.9. The van der Waals surface area contributed by atoms with Gasteiger partial charge < -0.3 is 9.73 Å². The largest absolute Gasteiger partial charge is 0.468 e. The first-order valence-electron chi connectivity index (χ1n) is 6.50. The van der Waals surface area contributed by atoms with Gasteiger partial charge in [0.05, 0.1) is 18.6 Å². The van der Waals surface area contributed by atoms with Gasteiger partial charge in [0.15, 0.2) is 0 Å². The van der Waals surface area contributed by atoms with E-state index in [0.717, 1.165) is 4.47 Å².